The van der Waals surface area contributed by atoms with Crippen LogP contribution in [0.4, 0.5) is 0 Å². The Hall–Kier alpha value is -4.41. The van der Waals surface area contributed by atoms with Gasteiger partial charge in [-0.1, -0.05) is 29.0 Å². The molecule has 2 aromatic carbocycles. The van der Waals surface area contributed by atoms with E-state index in [2.05, 4.69) is 4.99 Å². The summed E-state index contributed by atoms with van der Waals surface area (Å²) in [5.41, 5.74) is 2.90. The maximum atomic E-state index is 14.0. The molecule has 1 aliphatic rings. The van der Waals surface area contributed by atoms with Crippen LogP contribution in [-0.4, -0.2) is 35.8 Å². The van der Waals surface area contributed by atoms with Crippen molar-refractivity contribution in [2.75, 3.05) is 7.11 Å². The van der Waals surface area contributed by atoms with E-state index in [0.717, 1.165) is 11.1 Å². The minimum atomic E-state index is -0.890. The summed E-state index contributed by atoms with van der Waals surface area (Å²) in [6.45, 7) is 10.7. The van der Waals surface area contributed by atoms with Crippen molar-refractivity contribution in [1.82, 2.24) is 4.57 Å². The number of carbonyl (C=O) groups excluding carboxylic acids is 2. The molecule has 0 fully saturated rings. The molecular weight excluding hydrogens is 616 g/mol. The molecule has 9 nitrogen and oxygen atoms in total. The van der Waals surface area contributed by atoms with Crippen LogP contribution in [0.3, 0.4) is 0 Å². The quantitative estimate of drug-likeness (QED) is 0.216. The molecule has 1 atom stereocenters. The number of ether oxygens (including phenoxy) is 3. The SMILES string of the molecule is COc1ccc(Cl)cc1[C@H]1C(C(=O)OC(C)C)=C(C)N=c2s/c(=C\c3ccc(-c4ccc(C(=O)OC(C)C)cc4C)o3)c(=O)n21. The highest BCUT2D eigenvalue weighted by Crippen LogP contribution is 2.37. The fraction of sp³-hybridized carbons (Fsp3) is 0.294. The van der Waals surface area contributed by atoms with Crippen LogP contribution < -0.4 is 19.6 Å². The molecule has 0 N–H and O–H groups in total. The molecule has 0 radical (unpaired) electrons. The number of aromatic nitrogens is 1. The van der Waals surface area contributed by atoms with E-state index in [4.69, 9.17) is 30.2 Å². The summed E-state index contributed by atoms with van der Waals surface area (Å²) < 4.78 is 24.5. The molecule has 3 heterocycles. The van der Waals surface area contributed by atoms with Gasteiger partial charge in [-0.15, -0.1) is 0 Å². The molecule has 0 aliphatic carbocycles. The number of fused-ring (bicyclic) bond motifs is 1. The third-order valence-electron chi connectivity index (χ3n) is 7.04. The van der Waals surface area contributed by atoms with Crippen molar-refractivity contribution < 1.29 is 28.2 Å². The number of nitrogens with zero attached hydrogens (tertiary/aromatic N) is 2. The van der Waals surface area contributed by atoms with E-state index in [1.54, 1.807) is 83.2 Å². The second-order valence-electron chi connectivity index (χ2n) is 11.1. The maximum absolute atomic E-state index is 14.0. The van der Waals surface area contributed by atoms with E-state index in [1.165, 1.54) is 23.0 Å². The molecule has 4 aromatic rings. The molecule has 11 heteroatoms. The molecule has 0 unspecified atom stereocenters. The Morgan fingerprint density at radius 1 is 1.00 bits per heavy atom. The Morgan fingerprint density at radius 2 is 1.71 bits per heavy atom. The summed E-state index contributed by atoms with van der Waals surface area (Å²) in [6, 6.07) is 13.0. The first-order valence-corrected chi connectivity index (χ1v) is 15.6. The van der Waals surface area contributed by atoms with Crippen molar-refractivity contribution in [3.8, 4) is 17.1 Å². The van der Waals surface area contributed by atoms with Gasteiger partial charge in [-0.3, -0.25) is 9.36 Å². The predicted octanol–water partition coefficient (Wildman–Crippen LogP) is 5.98. The fourth-order valence-electron chi connectivity index (χ4n) is 5.13. The third-order valence-corrected chi connectivity index (χ3v) is 8.26. The molecule has 0 amide bonds. The lowest BCUT2D eigenvalue weighted by Crippen LogP contribution is -2.40. The van der Waals surface area contributed by atoms with Gasteiger partial charge in [0.2, 0.25) is 0 Å². The van der Waals surface area contributed by atoms with Gasteiger partial charge in [0.15, 0.2) is 4.80 Å². The molecule has 234 valence electrons. The van der Waals surface area contributed by atoms with Crippen LogP contribution in [0.2, 0.25) is 5.02 Å². The molecule has 2 aromatic heterocycles. The normalized spacial score (nSPS) is 14.9. The van der Waals surface area contributed by atoms with Crippen molar-refractivity contribution >= 4 is 41.0 Å². The summed E-state index contributed by atoms with van der Waals surface area (Å²) in [6.07, 6.45) is 1.05. The first kappa shape index (κ1) is 32.0. The van der Waals surface area contributed by atoms with Crippen LogP contribution in [0, 0.1) is 6.92 Å². The van der Waals surface area contributed by atoms with Gasteiger partial charge in [0.05, 0.1) is 40.7 Å². The molecule has 5 rings (SSSR count). The zero-order valence-corrected chi connectivity index (χ0v) is 27.5. The Labute approximate surface area is 269 Å². The second-order valence-corrected chi connectivity index (χ2v) is 12.6. The molecule has 0 saturated carbocycles. The van der Waals surface area contributed by atoms with Crippen LogP contribution in [0.5, 0.6) is 5.75 Å². The highest BCUT2D eigenvalue weighted by Gasteiger charge is 2.35. The van der Waals surface area contributed by atoms with Crippen molar-refractivity contribution in [1.29, 1.82) is 0 Å². The summed E-state index contributed by atoms with van der Waals surface area (Å²) in [7, 11) is 1.51. The number of allylic oxidation sites excluding steroid dienone is 1. The van der Waals surface area contributed by atoms with Crippen molar-refractivity contribution in [3.63, 3.8) is 0 Å². The highest BCUT2D eigenvalue weighted by atomic mass is 35.5. The zero-order valence-electron chi connectivity index (χ0n) is 26.0. The van der Waals surface area contributed by atoms with Gasteiger partial charge < -0.3 is 18.6 Å². The lowest BCUT2D eigenvalue weighted by Gasteiger charge is -2.26. The highest BCUT2D eigenvalue weighted by molar-refractivity contribution is 7.07. The summed E-state index contributed by atoms with van der Waals surface area (Å²) in [4.78, 5) is 44.8. The lowest BCUT2D eigenvalue weighted by molar-refractivity contribution is -0.143. The number of carbonyl (C=O) groups is 2. The van der Waals surface area contributed by atoms with Gasteiger partial charge in [-0.25, -0.2) is 14.6 Å². The topological polar surface area (TPSA) is 109 Å². The van der Waals surface area contributed by atoms with Crippen LogP contribution in [0.25, 0.3) is 17.4 Å². The number of benzene rings is 2. The van der Waals surface area contributed by atoms with Gasteiger partial charge in [0, 0.05) is 22.2 Å². The minimum Gasteiger partial charge on any atom is -0.496 e. The number of methoxy groups -OCH3 is 1. The average molecular weight is 649 g/mol. The first-order chi connectivity index (χ1) is 21.4. The average Bonchev–Trinajstić information content (AvgIpc) is 3.55. The summed E-state index contributed by atoms with van der Waals surface area (Å²) in [5, 5.41) is 0.419. The van der Waals surface area contributed by atoms with Gasteiger partial charge in [0.25, 0.3) is 5.56 Å². The van der Waals surface area contributed by atoms with Crippen LogP contribution in [0.1, 0.15) is 67.9 Å². The Bertz CT molecular complexity index is 2020. The monoisotopic (exact) mass is 648 g/mol. The van der Waals surface area contributed by atoms with E-state index < -0.39 is 12.0 Å². The van der Waals surface area contributed by atoms with E-state index in [0.29, 0.717) is 48.5 Å². The summed E-state index contributed by atoms with van der Waals surface area (Å²) >= 11 is 7.57. The van der Waals surface area contributed by atoms with E-state index in [-0.39, 0.29) is 29.3 Å². The van der Waals surface area contributed by atoms with Gasteiger partial charge in [-0.05, 0) is 89.6 Å². The Kier molecular flexibility index (Phi) is 9.18. The molecule has 1 aliphatic heterocycles. The molecule has 0 spiro atoms. The Morgan fingerprint density at radius 3 is 2.38 bits per heavy atom. The number of halogens is 1. The minimum absolute atomic E-state index is 0.219. The van der Waals surface area contributed by atoms with Gasteiger partial charge in [-0.2, -0.15) is 0 Å². The third kappa shape index (κ3) is 6.53. The number of hydrogen-bond donors (Lipinski definition) is 0. The second kappa shape index (κ2) is 12.9. The smallest absolute Gasteiger partial charge is 0.338 e. The Balaban J connectivity index is 1.59. The van der Waals surface area contributed by atoms with Crippen molar-refractivity contribution in [2.24, 2.45) is 4.99 Å². The van der Waals surface area contributed by atoms with Crippen LogP contribution in [-0.2, 0) is 14.3 Å². The van der Waals surface area contributed by atoms with Crippen LogP contribution >= 0.6 is 22.9 Å². The summed E-state index contributed by atoms with van der Waals surface area (Å²) in [5.74, 6) is 0.510. The lowest BCUT2D eigenvalue weighted by atomic mass is 9.95. The number of aryl methyl sites for hydroxylation is 1. The molecular formula is C34H33ClN2O7S. The number of furan rings is 1. The fourth-order valence-corrected chi connectivity index (χ4v) is 6.33. The van der Waals surface area contributed by atoms with Gasteiger partial charge in [0.1, 0.15) is 23.3 Å². The first-order valence-electron chi connectivity index (χ1n) is 14.4. The van der Waals surface area contributed by atoms with E-state index in [9.17, 15) is 14.4 Å². The molecule has 45 heavy (non-hydrogen) atoms. The number of hydrogen-bond acceptors (Lipinski definition) is 9. The number of thiazole rings is 1. The van der Waals surface area contributed by atoms with Crippen LogP contribution in [0.15, 0.2) is 74.0 Å². The van der Waals surface area contributed by atoms with E-state index >= 15 is 0 Å². The largest absolute Gasteiger partial charge is 0.496 e. The van der Waals surface area contributed by atoms with Crippen molar-refractivity contribution in [3.05, 3.63) is 107 Å². The number of esters is 2. The molecule has 0 bridgehead atoms. The van der Waals surface area contributed by atoms with Crippen molar-refractivity contribution in [2.45, 2.75) is 59.8 Å². The van der Waals surface area contributed by atoms with Gasteiger partial charge >= 0.3 is 11.9 Å². The maximum Gasteiger partial charge on any atom is 0.338 e. The molecule has 0 saturated heterocycles. The standard InChI is InChI=1S/C34H33ClN2O7S/c1-17(2)42-32(39)21-8-11-24(19(5)14-21)27-13-10-23(44-27)16-28-31(38)37-30(25-15-22(35)9-12-26(25)41-7)29(33(40)43-18(3)4)20(6)36-34(37)45-28/h8-18,30H,1-7H3/b28-16-/t30-/m0/s1. The zero-order chi connectivity index (χ0) is 32.6. The predicted molar refractivity (Wildman–Crippen MR) is 172 cm³/mol. The number of rotatable bonds is 8. The van der Waals surface area contributed by atoms with E-state index in [1.807, 2.05) is 13.0 Å².